The highest BCUT2D eigenvalue weighted by atomic mass is 35.5. The second-order valence-corrected chi connectivity index (χ2v) is 8.32. The van der Waals surface area contributed by atoms with Gasteiger partial charge in [0.25, 0.3) is 0 Å². The maximum atomic E-state index is 12.9. The highest BCUT2D eigenvalue weighted by Crippen LogP contribution is 2.25. The van der Waals surface area contributed by atoms with E-state index in [-0.39, 0.29) is 11.7 Å². The summed E-state index contributed by atoms with van der Waals surface area (Å²) in [5, 5.41) is 1.75. The van der Waals surface area contributed by atoms with Gasteiger partial charge in [-0.1, -0.05) is 41.9 Å². The molecule has 0 bridgehead atoms. The first-order valence-corrected chi connectivity index (χ1v) is 10.1. The summed E-state index contributed by atoms with van der Waals surface area (Å²) in [7, 11) is -3.26. The van der Waals surface area contributed by atoms with Crippen molar-refractivity contribution < 1.29 is 13.2 Å². The van der Waals surface area contributed by atoms with Crippen molar-refractivity contribution >= 4 is 33.0 Å². The second kappa shape index (κ2) is 7.42. The molecule has 4 nitrogen and oxygen atoms in total. The van der Waals surface area contributed by atoms with E-state index in [9.17, 15) is 13.2 Å². The van der Waals surface area contributed by atoms with Crippen LogP contribution in [0.4, 0.5) is 5.69 Å². The quantitative estimate of drug-likeness (QED) is 0.802. The van der Waals surface area contributed by atoms with Gasteiger partial charge >= 0.3 is 0 Å². The average Bonchev–Trinajstić information content (AvgIpc) is 2.95. The number of rotatable bonds is 5. The third kappa shape index (κ3) is 4.50. The van der Waals surface area contributed by atoms with Crippen LogP contribution in [-0.4, -0.2) is 26.1 Å². The first kappa shape index (κ1) is 17.7. The molecule has 0 fully saturated rings. The highest BCUT2D eigenvalue weighted by Gasteiger charge is 2.31. The summed E-state index contributed by atoms with van der Waals surface area (Å²) in [6.45, 7) is 0. The van der Waals surface area contributed by atoms with Crippen LogP contribution in [0.5, 0.6) is 0 Å². The molecule has 130 valence electrons. The molecule has 0 spiro atoms. The Balaban J connectivity index is 1.82. The number of sulfone groups is 1. The molecule has 2 aromatic carbocycles. The van der Waals surface area contributed by atoms with Crippen LogP contribution in [0.1, 0.15) is 12.0 Å². The maximum Gasteiger partial charge on any atom is 0.227 e. The molecule has 0 N–H and O–H groups in total. The predicted molar refractivity (Wildman–Crippen MR) is 100 cm³/mol. The van der Waals surface area contributed by atoms with E-state index >= 15 is 0 Å². The van der Waals surface area contributed by atoms with E-state index in [1.54, 1.807) is 35.2 Å². The third-order valence-corrected chi connectivity index (χ3v) is 5.72. The van der Waals surface area contributed by atoms with Gasteiger partial charge in [0.1, 0.15) is 0 Å². The molecule has 25 heavy (non-hydrogen) atoms. The number of nitrogens with zero attached hydrogens (tertiary/aromatic N) is 1. The molecule has 0 aliphatic carbocycles. The Bertz CT molecular complexity index is 877. The monoisotopic (exact) mass is 375 g/mol. The zero-order chi connectivity index (χ0) is 17.9. The van der Waals surface area contributed by atoms with Gasteiger partial charge in [-0.05, 0) is 42.3 Å². The number of amides is 1. The minimum Gasteiger partial charge on any atom is -0.304 e. The number of aryl methyl sites for hydroxylation is 1. The van der Waals surface area contributed by atoms with Crippen LogP contribution in [0.3, 0.4) is 0 Å². The van der Waals surface area contributed by atoms with Gasteiger partial charge in [0.05, 0.1) is 11.8 Å². The Labute approximate surface area is 152 Å². The first-order valence-electron chi connectivity index (χ1n) is 7.97. The van der Waals surface area contributed by atoms with Gasteiger partial charge in [-0.2, -0.15) is 0 Å². The Morgan fingerprint density at radius 2 is 1.76 bits per heavy atom. The summed E-state index contributed by atoms with van der Waals surface area (Å²) in [5.41, 5.74) is 1.72. The summed E-state index contributed by atoms with van der Waals surface area (Å²) in [6, 6.07) is 16.1. The number of hydrogen-bond donors (Lipinski definition) is 0. The van der Waals surface area contributed by atoms with Gasteiger partial charge in [-0.25, -0.2) is 8.42 Å². The molecule has 1 aliphatic rings. The fourth-order valence-electron chi connectivity index (χ4n) is 2.86. The number of anilines is 1. The maximum absolute atomic E-state index is 12.9. The fraction of sp³-hybridized carbons (Fsp3) is 0.211. The van der Waals surface area contributed by atoms with E-state index in [1.807, 2.05) is 30.3 Å². The van der Waals surface area contributed by atoms with Gasteiger partial charge in [0.15, 0.2) is 9.84 Å². The van der Waals surface area contributed by atoms with Gasteiger partial charge in [-0.3, -0.25) is 4.79 Å². The van der Waals surface area contributed by atoms with Crippen LogP contribution >= 0.6 is 11.6 Å². The first-order chi connectivity index (χ1) is 11.9. The lowest BCUT2D eigenvalue weighted by atomic mass is 10.1. The Hall–Kier alpha value is -2.11. The average molecular weight is 376 g/mol. The second-order valence-electron chi connectivity index (χ2n) is 5.95. The van der Waals surface area contributed by atoms with Crippen molar-refractivity contribution in [3.63, 3.8) is 0 Å². The van der Waals surface area contributed by atoms with Crippen LogP contribution < -0.4 is 4.90 Å². The predicted octanol–water partition coefficient (Wildman–Crippen LogP) is 3.62. The molecule has 1 amide bonds. The summed E-state index contributed by atoms with van der Waals surface area (Å²) in [6.07, 6.45) is 2.48. The molecule has 0 radical (unpaired) electrons. The number of benzene rings is 2. The van der Waals surface area contributed by atoms with E-state index < -0.39 is 15.9 Å². The van der Waals surface area contributed by atoms with Crippen LogP contribution in [0, 0.1) is 0 Å². The topological polar surface area (TPSA) is 54.5 Å². The van der Waals surface area contributed by atoms with E-state index in [1.165, 1.54) is 5.41 Å². The minimum absolute atomic E-state index is 0.0906. The van der Waals surface area contributed by atoms with Crippen LogP contribution in [-0.2, 0) is 21.1 Å². The summed E-state index contributed by atoms with van der Waals surface area (Å²) < 4.78 is 23.6. The van der Waals surface area contributed by atoms with Gasteiger partial charge in [0, 0.05) is 22.5 Å². The van der Waals surface area contributed by atoms with E-state index in [0.717, 1.165) is 5.56 Å². The molecule has 0 unspecified atom stereocenters. The number of carbonyl (C=O) groups excluding carboxylic acids is 1. The lowest BCUT2D eigenvalue weighted by Crippen LogP contribution is -2.41. The molecule has 1 heterocycles. The molecule has 2 aromatic rings. The van der Waals surface area contributed by atoms with Crippen molar-refractivity contribution in [2.24, 2.45) is 0 Å². The largest absolute Gasteiger partial charge is 0.304 e. The molecule has 0 aromatic heterocycles. The molecule has 0 saturated heterocycles. The fourth-order valence-corrected chi connectivity index (χ4v) is 4.25. The number of hydrogen-bond acceptors (Lipinski definition) is 3. The van der Waals surface area contributed by atoms with Crippen molar-refractivity contribution in [3.8, 4) is 0 Å². The zero-order valence-electron chi connectivity index (χ0n) is 13.5. The Morgan fingerprint density at radius 1 is 1.08 bits per heavy atom. The zero-order valence-corrected chi connectivity index (χ0v) is 15.1. The van der Waals surface area contributed by atoms with Gasteiger partial charge < -0.3 is 4.90 Å². The lowest BCUT2D eigenvalue weighted by Gasteiger charge is -2.28. The van der Waals surface area contributed by atoms with Crippen molar-refractivity contribution in [1.82, 2.24) is 0 Å². The van der Waals surface area contributed by atoms with E-state index in [2.05, 4.69) is 0 Å². The van der Waals surface area contributed by atoms with Crippen molar-refractivity contribution in [3.05, 3.63) is 76.7 Å². The highest BCUT2D eigenvalue weighted by molar-refractivity contribution is 7.94. The normalized spacial score (nSPS) is 18.2. The number of carbonyl (C=O) groups is 1. The molecule has 1 aliphatic heterocycles. The van der Waals surface area contributed by atoms with Crippen LogP contribution in [0.2, 0.25) is 5.02 Å². The third-order valence-electron chi connectivity index (χ3n) is 4.09. The van der Waals surface area contributed by atoms with Crippen LogP contribution in [0.15, 0.2) is 66.1 Å². The molecule has 6 heteroatoms. The molecule has 0 saturated carbocycles. The molecular weight excluding hydrogens is 358 g/mol. The smallest absolute Gasteiger partial charge is 0.227 e. The van der Waals surface area contributed by atoms with Crippen molar-refractivity contribution in [2.75, 3.05) is 10.7 Å². The standard InChI is InChI=1S/C19H18ClNO3S/c20-16-7-9-17(10-8-16)21(18-12-13-25(23,24)14-18)19(22)11-6-15-4-2-1-3-5-15/h1-5,7-10,12-13,18H,6,11,14H2/t18-/m0/s1. The van der Waals surface area contributed by atoms with E-state index in [0.29, 0.717) is 23.6 Å². The van der Waals surface area contributed by atoms with Crippen molar-refractivity contribution in [2.45, 2.75) is 18.9 Å². The number of halogens is 1. The summed E-state index contributed by atoms with van der Waals surface area (Å²) in [5.74, 6) is -0.204. The Kier molecular flexibility index (Phi) is 5.25. The van der Waals surface area contributed by atoms with Crippen LogP contribution in [0.25, 0.3) is 0 Å². The molecular formula is C19H18ClNO3S. The van der Waals surface area contributed by atoms with Gasteiger partial charge in [0.2, 0.25) is 5.91 Å². The van der Waals surface area contributed by atoms with E-state index in [4.69, 9.17) is 11.6 Å². The summed E-state index contributed by atoms with van der Waals surface area (Å²) >= 11 is 5.93. The SMILES string of the molecule is O=C(CCc1ccccc1)N(c1ccc(Cl)cc1)[C@H]1C=CS(=O)(=O)C1. The minimum atomic E-state index is -3.26. The molecule has 3 rings (SSSR count). The van der Waals surface area contributed by atoms with Gasteiger partial charge in [-0.15, -0.1) is 0 Å². The Morgan fingerprint density at radius 3 is 2.36 bits per heavy atom. The lowest BCUT2D eigenvalue weighted by molar-refractivity contribution is -0.118. The summed E-state index contributed by atoms with van der Waals surface area (Å²) in [4.78, 5) is 14.4. The van der Waals surface area contributed by atoms with Crippen molar-refractivity contribution in [1.29, 1.82) is 0 Å². The molecule has 1 atom stereocenters.